The van der Waals surface area contributed by atoms with Gasteiger partial charge >= 0.3 is 11.5 Å². The molecule has 0 saturated heterocycles. The molecule has 0 spiro atoms. The summed E-state index contributed by atoms with van der Waals surface area (Å²) in [5.74, 6) is -0.395. The first-order valence-electron chi connectivity index (χ1n) is 7.59. The minimum atomic E-state index is -0.589. The Kier molecular flexibility index (Phi) is 4.47. The van der Waals surface area contributed by atoms with E-state index in [1.54, 1.807) is 49.5 Å². The minimum absolute atomic E-state index is 0.00482. The molecule has 1 amide bonds. The molecule has 7 heteroatoms. The second-order valence-corrected chi connectivity index (χ2v) is 5.27. The van der Waals surface area contributed by atoms with Gasteiger partial charge in [0.05, 0.1) is 5.56 Å². The van der Waals surface area contributed by atoms with Crippen LogP contribution in [-0.4, -0.2) is 18.8 Å². The van der Waals surface area contributed by atoms with Crippen molar-refractivity contribution in [2.24, 2.45) is 5.73 Å². The van der Waals surface area contributed by atoms with E-state index < -0.39 is 11.5 Å². The summed E-state index contributed by atoms with van der Waals surface area (Å²) in [5, 5.41) is 6.22. The van der Waals surface area contributed by atoms with Crippen LogP contribution in [0.4, 0.5) is 5.69 Å². The maximum absolute atomic E-state index is 12.3. The molecule has 0 aliphatic carbocycles. The van der Waals surface area contributed by atoms with Crippen molar-refractivity contribution in [1.29, 1.82) is 0 Å². The maximum Gasteiger partial charge on any atom is 0.352 e. The fraction of sp³-hybridized carbons (Fsp3) is 0.0556. The van der Waals surface area contributed by atoms with Crippen molar-refractivity contribution < 1.29 is 14.3 Å². The molecule has 0 aliphatic rings. The molecule has 0 atom stereocenters. The number of nitrogens with two attached hydrogens (primary N) is 1. The monoisotopic (exact) mass is 337 g/mol. The van der Waals surface area contributed by atoms with Crippen LogP contribution in [0.5, 0.6) is 0 Å². The van der Waals surface area contributed by atoms with Gasteiger partial charge in [-0.25, -0.2) is 4.79 Å². The van der Waals surface area contributed by atoms with E-state index in [2.05, 4.69) is 15.8 Å². The lowest BCUT2D eigenvalue weighted by Crippen LogP contribution is -2.86. The highest BCUT2D eigenvalue weighted by molar-refractivity contribution is 6.00. The van der Waals surface area contributed by atoms with Gasteiger partial charge in [-0.1, -0.05) is 30.3 Å². The number of hydrazine groups is 1. The Bertz CT molecular complexity index is 1020. The summed E-state index contributed by atoms with van der Waals surface area (Å²) in [6.07, 6.45) is 0. The Morgan fingerprint density at radius 2 is 1.80 bits per heavy atom. The molecule has 7 nitrogen and oxygen atoms in total. The second kappa shape index (κ2) is 6.88. The Labute approximate surface area is 143 Å². The van der Waals surface area contributed by atoms with Crippen LogP contribution in [0.1, 0.15) is 15.9 Å². The van der Waals surface area contributed by atoms with E-state index in [4.69, 9.17) is 10.2 Å². The quantitative estimate of drug-likeness (QED) is 0.231. The number of hydrazone groups is 1. The summed E-state index contributed by atoms with van der Waals surface area (Å²) in [5.41, 5.74) is 9.51. The highest BCUT2D eigenvalue weighted by atomic mass is 16.4. The van der Waals surface area contributed by atoms with E-state index in [-0.39, 0.29) is 11.4 Å². The van der Waals surface area contributed by atoms with Crippen molar-refractivity contribution in [2.75, 3.05) is 12.4 Å². The molecule has 0 saturated carbocycles. The standard InChI is InChI=1S/C18H16N4O3/c1-20-14-8-4-3-7-12(14)17(23)22-21-16(19)13-10-11-6-2-5-9-15(11)25-18(13)24/h2-10,20H,1H3,(H2,19,21)(H,22,23)/p+1. The third kappa shape index (κ3) is 3.35. The molecule has 1 aromatic heterocycles. The molecular formula is C18H17N4O3+. The molecule has 0 fully saturated rings. The number of hydrogen-bond donors (Lipinski definition) is 4. The molecule has 126 valence electrons. The Morgan fingerprint density at radius 1 is 1.08 bits per heavy atom. The van der Waals surface area contributed by atoms with Gasteiger partial charge in [0.1, 0.15) is 5.58 Å². The van der Waals surface area contributed by atoms with Crippen LogP contribution >= 0.6 is 0 Å². The van der Waals surface area contributed by atoms with E-state index in [0.29, 0.717) is 16.8 Å². The van der Waals surface area contributed by atoms with E-state index in [1.807, 2.05) is 12.1 Å². The molecule has 2 aromatic carbocycles. The normalized spacial score (nSPS) is 11.3. The molecule has 0 bridgehead atoms. The van der Waals surface area contributed by atoms with Crippen molar-refractivity contribution in [3.8, 4) is 0 Å². The summed E-state index contributed by atoms with van der Waals surface area (Å²) >= 11 is 0. The number of fused-ring (bicyclic) bond motifs is 1. The van der Waals surface area contributed by atoms with Crippen LogP contribution in [-0.2, 0) is 0 Å². The van der Waals surface area contributed by atoms with Crippen LogP contribution in [0.25, 0.3) is 11.0 Å². The smallest absolute Gasteiger partial charge is 0.352 e. The molecule has 0 aliphatic heterocycles. The predicted molar refractivity (Wildman–Crippen MR) is 95.2 cm³/mol. The van der Waals surface area contributed by atoms with Gasteiger partial charge in [0.25, 0.3) is 5.91 Å². The number of amides is 1. The first kappa shape index (κ1) is 16.3. The first-order chi connectivity index (χ1) is 12.1. The summed E-state index contributed by atoms with van der Waals surface area (Å²) in [4.78, 5) is 24.3. The Morgan fingerprint density at radius 3 is 2.60 bits per heavy atom. The lowest BCUT2D eigenvalue weighted by Gasteiger charge is -2.06. The van der Waals surface area contributed by atoms with Gasteiger partial charge in [0.2, 0.25) is 0 Å². The maximum atomic E-state index is 12.3. The van der Waals surface area contributed by atoms with Gasteiger partial charge in [0.15, 0.2) is 5.56 Å². The van der Waals surface area contributed by atoms with Gasteiger partial charge in [-0.05, 0) is 24.3 Å². The number of nitrogens with one attached hydrogen (secondary N) is 3. The molecule has 1 heterocycles. The summed E-state index contributed by atoms with van der Waals surface area (Å²) in [6, 6.07) is 15.7. The second-order valence-electron chi connectivity index (χ2n) is 5.27. The zero-order valence-electron chi connectivity index (χ0n) is 13.5. The number of para-hydroxylation sites is 2. The van der Waals surface area contributed by atoms with Crippen LogP contribution < -0.4 is 27.2 Å². The molecule has 25 heavy (non-hydrogen) atoms. The number of carbonyl (C=O) groups is 1. The number of benzene rings is 2. The van der Waals surface area contributed by atoms with E-state index in [9.17, 15) is 9.59 Å². The third-order valence-corrected chi connectivity index (χ3v) is 3.68. The van der Waals surface area contributed by atoms with E-state index >= 15 is 0 Å². The van der Waals surface area contributed by atoms with Crippen LogP contribution in [0.15, 0.2) is 63.8 Å². The third-order valence-electron chi connectivity index (χ3n) is 3.68. The van der Waals surface area contributed by atoms with Crippen molar-refractivity contribution in [1.82, 2.24) is 5.43 Å². The largest absolute Gasteiger partial charge is 0.422 e. The molecular weight excluding hydrogens is 320 g/mol. The predicted octanol–water partition coefficient (Wildman–Crippen LogP) is -0.0344. The Hall–Kier alpha value is -3.61. The highest BCUT2D eigenvalue weighted by Crippen LogP contribution is 2.13. The fourth-order valence-electron chi connectivity index (χ4n) is 2.41. The lowest BCUT2D eigenvalue weighted by molar-refractivity contribution is -0.508. The van der Waals surface area contributed by atoms with Gasteiger partial charge in [-0.15, -0.1) is 0 Å². The first-order valence-corrected chi connectivity index (χ1v) is 7.59. The van der Waals surface area contributed by atoms with Gasteiger partial charge in [-0.2, -0.15) is 10.5 Å². The number of anilines is 1. The average molecular weight is 337 g/mol. The van der Waals surface area contributed by atoms with Crippen molar-refractivity contribution in [3.05, 3.63) is 76.1 Å². The SMILES string of the molecule is CNc1ccccc1C(=O)N[NH+]=C(N)c1cc2ccccc2oc1=O. The number of carbonyl (C=O) groups excluding carboxylic acids is 1. The zero-order valence-corrected chi connectivity index (χ0v) is 13.5. The summed E-state index contributed by atoms with van der Waals surface area (Å²) in [7, 11) is 1.72. The zero-order chi connectivity index (χ0) is 17.8. The molecule has 0 radical (unpaired) electrons. The topological polar surface area (TPSA) is 111 Å². The molecule has 3 aromatic rings. The van der Waals surface area contributed by atoms with Crippen molar-refractivity contribution in [2.45, 2.75) is 0 Å². The lowest BCUT2D eigenvalue weighted by atomic mass is 10.1. The summed E-state index contributed by atoms with van der Waals surface area (Å²) < 4.78 is 5.22. The van der Waals surface area contributed by atoms with Gasteiger partial charge in [-0.3, -0.25) is 10.5 Å². The number of hydrogen-bond acceptors (Lipinski definition) is 4. The summed E-state index contributed by atoms with van der Waals surface area (Å²) in [6.45, 7) is 0. The average Bonchev–Trinajstić information content (AvgIpc) is 2.65. The minimum Gasteiger partial charge on any atom is -0.422 e. The van der Waals surface area contributed by atoms with E-state index in [1.165, 1.54) is 0 Å². The van der Waals surface area contributed by atoms with Crippen molar-refractivity contribution >= 4 is 28.4 Å². The molecule has 5 N–H and O–H groups in total. The van der Waals surface area contributed by atoms with Crippen LogP contribution in [0.2, 0.25) is 0 Å². The van der Waals surface area contributed by atoms with Crippen molar-refractivity contribution in [3.63, 3.8) is 0 Å². The Balaban J connectivity index is 1.88. The van der Waals surface area contributed by atoms with E-state index in [0.717, 1.165) is 5.39 Å². The fourth-order valence-corrected chi connectivity index (χ4v) is 2.41. The van der Waals surface area contributed by atoms with Gasteiger partial charge < -0.3 is 9.73 Å². The number of amidine groups is 1. The number of nitrogen functional groups attached to an aromatic ring is 1. The molecule has 3 rings (SSSR count). The number of rotatable bonds is 4. The van der Waals surface area contributed by atoms with Crippen LogP contribution in [0, 0.1) is 0 Å². The van der Waals surface area contributed by atoms with Crippen LogP contribution in [0.3, 0.4) is 0 Å². The van der Waals surface area contributed by atoms with Gasteiger partial charge in [0, 0.05) is 18.1 Å². The molecule has 0 unspecified atom stereocenters. The highest BCUT2D eigenvalue weighted by Gasteiger charge is 2.15.